The van der Waals surface area contributed by atoms with E-state index < -0.39 is 0 Å². The zero-order chi connectivity index (χ0) is 29.6. The van der Waals surface area contributed by atoms with Crippen molar-refractivity contribution in [3.05, 3.63) is 83.6 Å². The van der Waals surface area contributed by atoms with E-state index in [2.05, 4.69) is 86.0 Å². The number of benzene rings is 3. The van der Waals surface area contributed by atoms with Crippen molar-refractivity contribution in [3.63, 3.8) is 0 Å². The molecule has 0 aliphatic carbocycles. The third-order valence-corrected chi connectivity index (χ3v) is 8.90. The van der Waals surface area contributed by atoms with Gasteiger partial charge in [0.1, 0.15) is 18.2 Å². The van der Waals surface area contributed by atoms with Gasteiger partial charge >= 0.3 is 0 Å². The van der Waals surface area contributed by atoms with Gasteiger partial charge in [-0.15, -0.1) is 0 Å². The molecule has 2 N–H and O–H groups in total. The minimum atomic E-state index is 0.545. The third-order valence-electron chi connectivity index (χ3n) is 8.90. The molecule has 0 atom stereocenters. The van der Waals surface area contributed by atoms with Crippen molar-refractivity contribution < 1.29 is 9.47 Å². The summed E-state index contributed by atoms with van der Waals surface area (Å²) < 4.78 is 11.8. The SMILES string of the molecule is c1ccc(COc2cc(N3CCc4c(nc(NCCCN5CCOCC5)nc4N4CCNCC4)C3)c3ccccc3c2)cc1. The molecule has 3 aliphatic heterocycles. The van der Waals surface area contributed by atoms with E-state index in [1.54, 1.807) is 0 Å². The Morgan fingerprint density at radius 1 is 0.864 bits per heavy atom. The summed E-state index contributed by atoms with van der Waals surface area (Å²) in [6, 6.07) is 23.3. The number of anilines is 3. The van der Waals surface area contributed by atoms with Crippen molar-refractivity contribution in [1.82, 2.24) is 20.2 Å². The Labute approximate surface area is 260 Å². The monoisotopic (exact) mass is 593 g/mol. The van der Waals surface area contributed by atoms with E-state index in [4.69, 9.17) is 19.4 Å². The molecule has 1 aromatic heterocycles. The summed E-state index contributed by atoms with van der Waals surface area (Å²) in [7, 11) is 0. The van der Waals surface area contributed by atoms with E-state index in [0.29, 0.717) is 6.61 Å². The van der Waals surface area contributed by atoms with Gasteiger partial charge in [0.2, 0.25) is 5.95 Å². The summed E-state index contributed by atoms with van der Waals surface area (Å²) in [6.07, 6.45) is 1.96. The highest BCUT2D eigenvalue weighted by Crippen LogP contribution is 2.36. The van der Waals surface area contributed by atoms with Gasteiger partial charge in [-0.25, -0.2) is 4.98 Å². The second-order valence-electron chi connectivity index (χ2n) is 11.9. The van der Waals surface area contributed by atoms with Crippen LogP contribution >= 0.6 is 0 Å². The molecule has 0 amide bonds. The van der Waals surface area contributed by atoms with Gasteiger partial charge in [-0.05, 0) is 36.4 Å². The van der Waals surface area contributed by atoms with Crippen LogP contribution in [0.3, 0.4) is 0 Å². The van der Waals surface area contributed by atoms with E-state index in [0.717, 1.165) is 120 Å². The first-order valence-electron chi connectivity index (χ1n) is 16.1. The summed E-state index contributed by atoms with van der Waals surface area (Å²) in [5.74, 6) is 2.74. The minimum absolute atomic E-state index is 0.545. The fourth-order valence-corrected chi connectivity index (χ4v) is 6.51. The highest BCUT2D eigenvalue weighted by molar-refractivity contribution is 5.95. The first-order chi connectivity index (χ1) is 21.8. The molecule has 44 heavy (non-hydrogen) atoms. The Morgan fingerprint density at radius 2 is 1.68 bits per heavy atom. The average Bonchev–Trinajstić information content (AvgIpc) is 3.09. The molecule has 4 heterocycles. The standard InChI is InChI=1S/C35H43N7O2/c1-2-7-27(8-3-1)26-44-29-23-28-9-4-5-10-30(28)33(24-29)42-16-11-31-32(25-42)38-35(39-34(31)41-17-13-36-14-18-41)37-12-6-15-40-19-21-43-22-20-40/h1-5,7-10,23-24,36H,6,11-22,25-26H2,(H,37,38,39). The molecule has 9 nitrogen and oxygen atoms in total. The van der Waals surface area contributed by atoms with Gasteiger partial charge in [0.15, 0.2) is 0 Å². The van der Waals surface area contributed by atoms with Gasteiger partial charge < -0.3 is 29.9 Å². The summed E-state index contributed by atoms with van der Waals surface area (Å²) in [5, 5.41) is 9.49. The van der Waals surface area contributed by atoms with Gasteiger partial charge in [0, 0.05) is 75.1 Å². The van der Waals surface area contributed by atoms with Crippen molar-refractivity contribution in [2.24, 2.45) is 0 Å². The first-order valence-corrected chi connectivity index (χ1v) is 16.1. The highest BCUT2D eigenvalue weighted by atomic mass is 16.5. The molecule has 4 aromatic rings. The van der Waals surface area contributed by atoms with Crippen LogP contribution in [0.25, 0.3) is 10.8 Å². The normalized spacial score (nSPS) is 17.5. The second kappa shape index (κ2) is 13.8. The van der Waals surface area contributed by atoms with Gasteiger partial charge in [-0.3, -0.25) is 4.90 Å². The van der Waals surface area contributed by atoms with Crippen LogP contribution in [0.1, 0.15) is 23.2 Å². The van der Waals surface area contributed by atoms with E-state index in [9.17, 15) is 0 Å². The van der Waals surface area contributed by atoms with E-state index >= 15 is 0 Å². The molecule has 9 heteroatoms. The van der Waals surface area contributed by atoms with E-state index in [-0.39, 0.29) is 0 Å². The number of rotatable bonds is 10. The van der Waals surface area contributed by atoms with Crippen LogP contribution in [0.5, 0.6) is 5.75 Å². The number of piperazine rings is 1. The summed E-state index contributed by atoms with van der Waals surface area (Å²) in [5.41, 5.74) is 4.77. The quantitative estimate of drug-likeness (QED) is 0.262. The molecule has 2 saturated heterocycles. The molecule has 230 valence electrons. The van der Waals surface area contributed by atoms with Crippen LogP contribution in [0.4, 0.5) is 17.5 Å². The minimum Gasteiger partial charge on any atom is -0.489 e. The van der Waals surface area contributed by atoms with Crippen LogP contribution < -0.4 is 25.2 Å². The molecule has 0 radical (unpaired) electrons. The summed E-state index contributed by atoms with van der Waals surface area (Å²) in [4.78, 5) is 17.6. The van der Waals surface area contributed by atoms with Gasteiger partial charge in [0.25, 0.3) is 0 Å². The molecule has 2 fully saturated rings. The van der Waals surface area contributed by atoms with E-state index in [1.807, 2.05) is 6.07 Å². The molecule has 3 aromatic carbocycles. The van der Waals surface area contributed by atoms with Crippen molar-refractivity contribution in [2.45, 2.75) is 26.0 Å². The van der Waals surface area contributed by atoms with Crippen molar-refractivity contribution >= 4 is 28.2 Å². The molecular formula is C35H43N7O2. The lowest BCUT2D eigenvalue weighted by Gasteiger charge is -2.35. The number of morpholine rings is 1. The number of hydrogen-bond acceptors (Lipinski definition) is 9. The Hall–Kier alpha value is -3.92. The fraction of sp³-hybridized carbons (Fsp3) is 0.429. The zero-order valence-electron chi connectivity index (χ0n) is 25.5. The number of nitrogens with zero attached hydrogens (tertiary/aromatic N) is 5. The predicted molar refractivity (Wildman–Crippen MR) is 177 cm³/mol. The molecule has 3 aliphatic rings. The van der Waals surface area contributed by atoms with Gasteiger partial charge in [-0.1, -0.05) is 54.6 Å². The smallest absolute Gasteiger partial charge is 0.224 e. The molecule has 0 unspecified atom stereocenters. The Bertz CT molecular complexity index is 1540. The van der Waals surface area contributed by atoms with Crippen molar-refractivity contribution in [2.75, 3.05) is 87.2 Å². The summed E-state index contributed by atoms with van der Waals surface area (Å²) in [6.45, 7) is 11.7. The van der Waals surface area contributed by atoms with Crippen molar-refractivity contribution in [3.8, 4) is 5.75 Å². The number of hydrogen-bond donors (Lipinski definition) is 2. The van der Waals surface area contributed by atoms with Gasteiger partial charge in [0.05, 0.1) is 25.5 Å². The molecule has 0 bridgehead atoms. The second-order valence-corrected chi connectivity index (χ2v) is 11.9. The van der Waals surface area contributed by atoms with Crippen LogP contribution in [0, 0.1) is 0 Å². The van der Waals surface area contributed by atoms with Crippen LogP contribution in [0.2, 0.25) is 0 Å². The zero-order valence-corrected chi connectivity index (χ0v) is 25.5. The largest absolute Gasteiger partial charge is 0.489 e. The van der Waals surface area contributed by atoms with E-state index in [1.165, 1.54) is 22.0 Å². The maximum absolute atomic E-state index is 6.33. The third kappa shape index (κ3) is 6.75. The lowest BCUT2D eigenvalue weighted by atomic mass is 10.0. The van der Waals surface area contributed by atoms with Crippen LogP contribution in [0.15, 0.2) is 66.7 Å². The van der Waals surface area contributed by atoms with Gasteiger partial charge in [-0.2, -0.15) is 4.98 Å². The first kappa shape index (κ1) is 28.8. The molecular weight excluding hydrogens is 550 g/mol. The maximum Gasteiger partial charge on any atom is 0.224 e. The number of fused-ring (bicyclic) bond motifs is 2. The number of nitrogens with one attached hydrogen (secondary N) is 2. The fourth-order valence-electron chi connectivity index (χ4n) is 6.51. The Balaban J connectivity index is 1.13. The highest BCUT2D eigenvalue weighted by Gasteiger charge is 2.27. The lowest BCUT2D eigenvalue weighted by Crippen LogP contribution is -2.45. The topological polar surface area (TPSA) is 78.0 Å². The van der Waals surface area contributed by atoms with Crippen LogP contribution in [-0.2, 0) is 24.3 Å². The molecule has 7 rings (SSSR count). The summed E-state index contributed by atoms with van der Waals surface area (Å²) >= 11 is 0. The number of aromatic nitrogens is 2. The maximum atomic E-state index is 6.33. The Morgan fingerprint density at radius 3 is 2.55 bits per heavy atom. The molecule has 0 spiro atoms. The predicted octanol–water partition coefficient (Wildman–Crippen LogP) is 4.32. The van der Waals surface area contributed by atoms with Crippen molar-refractivity contribution in [1.29, 1.82) is 0 Å². The lowest BCUT2D eigenvalue weighted by molar-refractivity contribution is 0.0378. The Kier molecular flexibility index (Phi) is 9.04. The molecule has 0 saturated carbocycles. The average molecular weight is 594 g/mol. The van der Waals surface area contributed by atoms with Crippen LogP contribution in [-0.4, -0.2) is 87.0 Å². The number of ether oxygens (including phenoxy) is 2.